The predicted molar refractivity (Wildman–Crippen MR) is 59.1 cm³/mol. The number of hydrogen-bond donors (Lipinski definition) is 2. The lowest BCUT2D eigenvalue weighted by atomic mass is 9.93. The molecule has 0 saturated heterocycles. The lowest BCUT2D eigenvalue weighted by molar-refractivity contribution is 0.149. The van der Waals surface area contributed by atoms with Crippen molar-refractivity contribution >= 4 is 11.8 Å². The van der Waals surface area contributed by atoms with Gasteiger partial charge in [-0.15, -0.1) is 0 Å². The molecule has 0 aliphatic rings. The number of hydrogen-bond acceptors (Lipinski definition) is 4. The van der Waals surface area contributed by atoms with E-state index in [0.29, 0.717) is 11.6 Å². The summed E-state index contributed by atoms with van der Waals surface area (Å²) in [5.74, 6) is 1.03. The minimum atomic E-state index is -0.434. The second-order valence-corrected chi connectivity index (χ2v) is 4.60. The smallest absolute Gasteiger partial charge is 0.324 e. The van der Waals surface area contributed by atoms with Crippen LogP contribution >= 0.6 is 0 Å². The lowest BCUT2D eigenvalue weighted by Crippen LogP contribution is -2.32. The second-order valence-electron chi connectivity index (χ2n) is 4.60. The fourth-order valence-electron chi connectivity index (χ4n) is 0.957. The molecule has 2 N–H and O–H groups in total. The van der Waals surface area contributed by atoms with Gasteiger partial charge in [-0.2, -0.15) is 0 Å². The Labute approximate surface area is 94.2 Å². The van der Waals surface area contributed by atoms with Gasteiger partial charge < -0.3 is 14.5 Å². The molecule has 16 heavy (non-hydrogen) atoms. The molecular weight excluding hydrogens is 210 g/mol. The molecule has 0 radical (unpaired) electrons. The average Bonchev–Trinajstić information content (AvgIpc) is 2.64. The summed E-state index contributed by atoms with van der Waals surface area (Å²) in [5, 5.41) is 15.0. The molecule has 1 aromatic heterocycles. The highest BCUT2D eigenvalue weighted by Crippen LogP contribution is 2.24. The quantitative estimate of drug-likeness (QED) is 0.748. The van der Waals surface area contributed by atoms with Crippen LogP contribution in [0.15, 0.2) is 10.6 Å². The van der Waals surface area contributed by atoms with E-state index >= 15 is 0 Å². The first-order chi connectivity index (χ1) is 7.34. The number of carbonyl (C=O) groups is 1. The molecule has 1 heterocycles. The fourth-order valence-corrected chi connectivity index (χ4v) is 0.957. The van der Waals surface area contributed by atoms with Gasteiger partial charge in [0.05, 0.1) is 0 Å². The Hall–Kier alpha value is -1.56. The van der Waals surface area contributed by atoms with E-state index in [0.717, 1.165) is 4.90 Å². The Kier molecular flexibility index (Phi) is 3.54. The monoisotopic (exact) mass is 227 g/mol. The molecule has 2 amide bonds. The largest absolute Gasteiger partial charge is 0.376 e. The van der Waals surface area contributed by atoms with E-state index in [1.165, 1.54) is 7.05 Å². The standard InChI is InChI=1S/C10H17N3O3/c1-10(2,3)7-5-8(12-16-7)11-9(15)13(4)6-14/h5,14H,6H2,1-4H3,(H,11,12,15). The number of urea groups is 1. The summed E-state index contributed by atoms with van der Waals surface area (Å²) >= 11 is 0. The zero-order valence-electron chi connectivity index (χ0n) is 9.94. The first-order valence-corrected chi connectivity index (χ1v) is 4.95. The van der Waals surface area contributed by atoms with Gasteiger partial charge in [-0.25, -0.2) is 4.79 Å². The summed E-state index contributed by atoms with van der Waals surface area (Å²) in [4.78, 5) is 12.5. The number of anilines is 1. The van der Waals surface area contributed by atoms with Crippen LogP contribution in [0.5, 0.6) is 0 Å². The van der Waals surface area contributed by atoms with Crippen LogP contribution in [0.25, 0.3) is 0 Å². The molecule has 0 aromatic carbocycles. The Bertz CT molecular complexity index is 368. The number of aromatic nitrogens is 1. The molecule has 0 atom stereocenters. The molecular formula is C10H17N3O3. The van der Waals surface area contributed by atoms with Crippen molar-refractivity contribution in [2.45, 2.75) is 26.2 Å². The molecule has 1 aromatic rings. The number of aliphatic hydroxyl groups excluding tert-OH is 1. The Morgan fingerprint density at radius 1 is 1.62 bits per heavy atom. The van der Waals surface area contributed by atoms with Crippen LogP contribution in [-0.2, 0) is 5.41 Å². The predicted octanol–water partition coefficient (Wildman–Crippen LogP) is 1.39. The second kappa shape index (κ2) is 4.52. The Balaban J connectivity index is 2.70. The summed E-state index contributed by atoms with van der Waals surface area (Å²) in [6.07, 6.45) is 0. The van der Waals surface area contributed by atoms with Crippen molar-refractivity contribution in [3.8, 4) is 0 Å². The molecule has 0 bridgehead atoms. The average molecular weight is 227 g/mol. The topological polar surface area (TPSA) is 78.6 Å². The van der Waals surface area contributed by atoms with Crippen molar-refractivity contribution in [2.75, 3.05) is 19.1 Å². The lowest BCUT2D eigenvalue weighted by Gasteiger charge is -2.13. The minimum Gasteiger partial charge on any atom is -0.376 e. The van der Waals surface area contributed by atoms with Crippen molar-refractivity contribution < 1.29 is 14.4 Å². The van der Waals surface area contributed by atoms with E-state index in [-0.39, 0.29) is 12.1 Å². The molecule has 0 fully saturated rings. The van der Waals surface area contributed by atoms with Crippen LogP contribution in [0.2, 0.25) is 0 Å². The van der Waals surface area contributed by atoms with Crippen LogP contribution in [0.4, 0.5) is 10.6 Å². The first-order valence-electron chi connectivity index (χ1n) is 4.95. The summed E-state index contributed by atoms with van der Waals surface area (Å²) in [5.41, 5.74) is -0.154. The van der Waals surface area contributed by atoms with Crippen molar-refractivity contribution in [2.24, 2.45) is 0 Å². The van der Waals surface area contributed by atoms with Crippen molar-refractivity contribution in [1.29, 1.82) is 0 Å². The van der Waals surface area contributed by atoms with Gasteiger partial charge in [0.25, 0.3) is 0 Å². The fraction of sp³-hybridized carbons (Fsp3) is 0.600. The van der Waals surface area contributed by atoms with E-state index in [9.17, 15) is 4.79 Å². The van der Waals surface area contributed by atoms with Gasteiger partial charge in [0, 0.05) is 18.5 Å². The molecule has 0 unspecified atom stereocenters. The van der Waals surface area contributed by atoms with Gasteiger partial charge in [-0.3, -0.25) is 5.32 Å². The molecule has 90 valence electrons. The van der Waals surface area contributed by atoms with Gasteiger partial charge in [0.1, 0.15) is 12.5 Å². The molecule has 0 spiro atoms. The van der Waals surface area contributed by atoms with Gasteiger partial charge in [0.2, 0.25) is 0 Å². The number of aliphatic hydroxyl groups is 1. The van der Waals surface area contributed by atoms with Gasteiger partial charge in [-0.1, -0.05) is 25.9 Å². The van der Waals surface area contributed by atoms with E-state index in [4.69, 9.17) is 9.63 Å². The van der Waals surface area contributed by atoms with E-state index in [1.807, 2.05) is 20.8 Å². The van der Waals surface area contributed by atoms with Crippen LogP contribution < -0.4 is 5.32 Å². The number of nitrogens with one attached hydrogen (secondary N) is 1. The van der Waals surface area contributed by atoms with Gasteiger partial charge >= 0.3 is 6.03 Å². The third-order valence-corrected chi connectivity index (χ3v) is 2.04. The van der Waals surface area contributed by atoms with Crippen LogP contribution in [-0.4, -0.2) is 35.0 Å². The van der Waals surface area contributed by atoms with E-state index in [2.05, 4.69) is 10.5 Å². The van der Waals surface area contributed by atoms with E-state index < -0.39 is 6.03 Å². The summed E-state index contributed by atoms with van der Waals surface area (Å²) < 4.78 is 5.10. The maximum absolute atomic E-state index is 11.4. The number of nitrogens with zero attached hydrogens (tertiary/aromatic N) is 2. The zero-order valence-corrected chi connectivity index (χ0v) is 9.94. The van der Waals surface area contributed by atoms with Crippen LogP contribution in [0, 0.1) is 0 Å². The van der Waals surface area contributed by atoms with Crippen molar-refractivity contribution in [3.05, 3.63) is 11.8 Å². The van der Waals surface area contributed by atoms with Crippen LogP contribution in [0.1, 0.15) is 26.5 Å². The minimum absolute atomic E-state index is 0.154. The first kappa shape index (κ1) is 12.5. The highest BCUT2D eigenvalue weighted by molar-refractivity contribution is 5.87. The molecule has 6 nitrogen and oxygen atoms in total. The number of carbonyl (C=O) groups excluding carboxylic acids is 1. The SMILES string of the molecule is CN(CO)C(=O)Nc1cc(C(C)(C)C)on1. The number of amides is 2. The van der Waals surface area contributed by atoms with Gasteiger partial charge in [-0.05, 0) is 0 Å². The molecule has 0 aliphatic carbocycles. The maximum atomic E-state index is 11.4. The maximum Gasteiger partial charge on any atom is 0.324 e. The Morgan fingerprint density at radius 2 is 2.25 bits per heavy atom. The van der Waals surface area contributed by atoms with E-state index in [1.54, 1.807) is 6.07 Å². The number of rotatable bonds is 2. The zero-order chi connectivity index (χ0) is 12.3. The third-order valence-electron chi connectivity index (χ3n) is 2.04. The molecule has 6 heteroatoms. The highest BCUT2D eigenvalue weighted by atomic mass is 16.5. The molecule has 1 rings (SSSR count). The third kappa shape index (κ3) is 2.96. The highest BCUT2D eigenvalue weighted by Gasteiger charge is 2.20. The molecule has 0 saturated carbocycles. The normalized spacial score (nSPS) is 11.3. The summed E-state index contributed by atoms with van der Waals surface area (Å²) in [6, 6.07) is 1.24. The molecule has 0 aliphatic heterocycles. The Morgan fingerprint density at radius 3 is 2.69 bits per heavy atom. The van der Waals surface area contributed by atoms with Gasteiger partial charge in [0.15, 0.2) is 5.82 Å². The summed E-state index contributed by atoms with van der Waals surface area (Å²) in [6.45, 7) is 5.60. The summed E-state index contributed by atoms with van der Waals surface area (Å²) in [7, 11) is 1.47. The van der Waals surface area contributed by atoms with Crippen LogP contribution in [0.3, 0.4) is 0 Å². The van der Waals surface area contributed by atoms with Crippen molar-refractivity contribution in [3.63, 3.8) is 0 Å². The van der Waals surface area contributed by atoms with Crippen molar-refractivity contribution in [1.82, 2.24) is 10.1 Å².